The Balaban J connectivity index is 1.06. The van der Waals surface area contributed by atoms with E-state index in [-0.39, 0.29) is 0 Å². The number of furan rings is 2. The first-order valence-electron chi connectivity index (χ1n) is 19.0. The number of benzene rings is 8. The van der Waals surface area contributed by atoms with Crippen molar-refractivity contribution in [1.29, 1.82) is 0 Å². The maximum absolute atomic E-state index is 6.30. The van der Waals surface area contributed by atoms with Crippen LogP contribution in [0, 0.1) is 0 Å². The second kappa shape index (κ2) is 12.3. The highest BCUT2D eigenvalue weighted by Crippen LogP contribution is 2.38. The Morgan fingerprint density at radius 1 is 0.298 bits per heavy atom. The maximum Gasteiger partial charge on any atom is 0.164 e. The number of rotatable bonds is 5. The summed E-state index contributed by atoms with van der Waals surface area (Å²) in [6.45, 7) is 0. The molecular formula is C51H30N4O2. The lowest BCUT2D eigenvalue weighted by Crippen LogP contribution is -2.01. The van der Waals surface area contributed by atoms with Gasteiger partial charge in [-0.1, -0.05) is 115 Å². The molecule has 0 saturated carbocycles. The molecule has 0 amide bonds. The van der Waals surface area contributed by atoms with E-state index in [0.717, 1.165) is 77.3 Å². The lowest BCUT2D eigenvalue weighted by molar-refractivity contribution is 0.668. The minimum atomic E-state index is 0.560. The van der Waals surface area contributed by atoms with E-state index in [2.05, 4.69) is 132 Å². The molecule has 4 aromatic heterocycles. The van der Waals surface area contributed by atoms with Gasteiger partial charge in [0.25, 0.3) is 0 Å². The van der Waals surface area contributed by atoms with E-state index in [1.54, 1.807) is 0 Å². The van der Waals surface area contributed by atoms with Crippen molar-refractivity contribution in [1.82, 2.24) is 19.5 Å². The Hall–Kier alpha value is -7.83. The number of nitrogens with zero attached hydrogens (tertiary/aromatic N) is 4. The third kappa shape index (κ3) is 5.08. The van der Waals surface area contributed by atoms with Crippen LogP contribution in [0.15, 0.2) is 191 Å². The molecule has 6 nitrogen and oxygen atoms in total. The number of hydrogen-bond donors (Lipinski definition) is 0. The monoisotopic (exact) mass is 730 g/mol. The van der Waals surface area contributed by atoms with Crippen LogP contribution in [-0.4, -0.2) is 19.5 Å². The van der Waals surface area contributed by atoms with Gasteiger partial charge in [0.15, 0.2) is 17.5 Å². The van der Waals surface area contributed by atoms with Crippen LogP contribution in [0.2, 0.25) is 0 Å². The molecule has 12 rings (SSSR count). The first kappa shape index (κ1) is 31.5. The van der Waals surface area contributed by atoms with E-state index in [1.165, 1.54) is 21.9 Å². The SMILES string of the molecule is c1ccc(-c2ccc3c4ccccc4n(-c4cccc(-c5nc(-c6ccc7c(c6)oc6ccccc67)nc(-c6ccc7oc8ccccc8c7c6)n5)c4)c3c2)cc1. The topological polar surface area (TPSA) is 69.9 Å². The van der Waals surface area contributed by atoms with E-state index >= 15 is 0 Å². The van der Waals surface area contributed by atoms with Crippen LogP contribution in [-0.2, 0) is 0 Å². The van der Waals surface area contributed by atoms with Crippen LogP contribution in [0.4, 0.5) is 0 Å². The van der Waals surface area contributed by atoms with E-state index in [0.29, 0.717) is 17.5 Å². The smallest absolute Gasteiger partial charge is 0.164 e. The molecule has 12 aromatic rings. The molecule has 266 valence electrons. The number of fused-ring (bicyclic) bond motifs is 9. The summed E-state index contributed by atoms with van der Waals surface area (Å²) in [6.07, 6.45) is 0. The van der Waals surface area contributed by atoms with Crippen LogP contribution < -0.4 is 0 Å². The highest BCUT2D eigenvalue weighted by Gasteiger charge is 2.18. The van der Waals surface area contributed by atoms with Crippen LogP contribution in [0.25, 0.3) is 117 Å². The van der Waals surface area contributed by atoms with Crippen LogP contribution in [0.5, 0.6) is 0 Å². The molecule has 6 heteroatoms. The number of hydrogen-bond acceptors (Lipinski definition) is 5. The van der Waals surface area contributed by atoms with Crippen molar-refractivity contribution in [3.05, 3.63) is 182 Å². The Labute approximate surface area is 325 Å². The average Bonchev–Trinajstić information content (AvgIpc) is 3.95. The van der Waals surface area contributed by atoms with E-state index < -0.39 is 0 Å². The normalized spacial score (nSPS) is 11.9. The van der Waals surface area contributed by atoms with Crippen molar-refractivity contribution in [3.8, 4) is 51.0 Å². The van der Waals surface area contributed by atoms with Crippen LogP contribution in [0.1, 0.15) is 0 Å². The Morgan fingerprint density at radius 2 is 0.825 bits per heavy atom. The number of para-hydroxylation sites is 3. The third-order valence-corrected chi connectivity index (χ3v) is 11.1. The average molecular weight is 731 g/mol. The third-order valence-electron chi connectivity index (χ3n) is 11.1. The minimum absolute atomic E-state index is 0.560. The molecule has 0 aliphatic heterocycles. The second-order valence-corrected chi connectivity index (χ2v) is 14.4. The van der Waals surface area contributed by atoms with Crippen molar-refractivity contribution in [2.45, 2.75) is 0 Å². The molecular weight excluding hydrogens is 701 g/mol. The second-order valence-electron chi connectivity index (χ2n) is 14.4. The molecule has 57 heavy (non-hydrogen) atoms. The van der Waals surface area contributed by atoms with Gasteiger partial charge < -0.3 is 13.4 Å². The number of aromatic nitrogens is 4. The molecule has 0 saturated heterocycles. The molecule has 0 aliphatic carbocycles. The van der Waals surface area contributed by atoms with Crippen molar-refractivity contribution < 1.29 is 8.83 Å². The van der Waals surface area contributed by atoms with Gasteiger partial charge in [0, 0.05) is 54.7 Å². The van der Waals surface area contributed by atoms with Gasteiger partial charge in [-0.05, 0) is 77.9 Å². The van der Waals surface area contributed by atoms with Crippen molar-refractivity contribution in [2.75, 3.05) is 0 Å². The molecule has 0 bridgehead atoms. The molecule has 0 aliphatic rings. The predicted molar refractivity (Wildman–Crippen MR) is 230 cm³/mol. The van der Waals surface area contributed by atoms with Gasteiger partial charge in [-0.15, -0.1) is 0 Å². The van der Waals surface area contributed by atoms with Gasteiger partial charge in [-0.2, -0.15) is 0 Å². The fourth-order valence-electron chi connectivity index (χ4n) is 8.34. The molecule has 8 aromatic carbocycles. The zero-order valence-electron chi connectivity index (χ0n) is 30.4. The Kier molecular flexibility index (Phi) is 6.83. The fourth-order valence-corrected chi connectivity index (χ4v) is 8.34. The van der Waals surface area contributed by atoms with Gasteiger partial charge in [-0.25, -0.2) is 15.0 Å². The molecule has 0 atom stereocenters. The van der Waals surface area contributed by atoms with Crippen molar-refractivity contribution in [3.63, 3.8) is 0 Å². The molecule has 0 radical (unpaired) electrons. The summed E-state index contributed by atoms with van der Waals surface area (Å²) in [5, 5.41) is 6.59. The van der Waals surface area contributed by atoms with Crippen LogP contribution in [0.3, 0.4) is 0 Å². The van der Waals surface area contributed by atoms with Gasteiger partial charge in [-0.3, -0.25) is 0 Å². The highest BCUT2D eigenvalue weighted by atomic mass is 16.3. The zero-order chi connectivity index (χ0) is 37.5. The summed E-state index contributed by atoms with van der Waals surface area (Å²) in [6, 6.07) is 62.9. The van der Waals surface area contributed by atoms with E-state index in [4.69, 9.17) is 23.8 Å². The van der Waals surface area contributed by atoms with Gasteiger partial charge in [0.1, 0.15) is 22.3 Å². The Bertz CT molecular complexity index is 3540. The van der Waals surface area contributed by atoms with Crippen molar-refractivity contribution >= 4 is 65.7 Å². The lowest BCUT2D eigenvalue weighted by atomic mass is 10.0. The quantitative estimate of drug-likeness (QED) is 0.176. The predicted octanol–water partition coefficient (Wildman–Crippen LogP) is 13.4. The standard InChI is InChI=1S/C51H30N4O2/c1-2-11-31(12-3-1)32-21-24-38-37-15-4-7-18-43(37)55(44(38)29-32)36-14-10-13-33(27-36)49-52-50(34-23-26-47-42(28-34)40-17-6-9-20-46(40)56-47)54-51(53-49)35-22-25-41-39-16-5-8-19-45(39)57-48(41)30-35/h1-30H. The van der Waals surface area contributed by atoms with E-state index in [1.807, 2.05) is 54.6 Å². The first-order chi connectivity index (χ1) is 28.2. The largest absolute Gasteiger partial charge is 0.456 e. The molecule has 0 unspecified atom stereocenters. The maximum atomic E-state index is 6.30. The minimum Gasteiger partial charge on any atom is -0.456 e. The van der Waals surface area contributed by atoms with Crippen molar-refractivity contribution in [2.24, 2.45) is 0 Å². The highest BCUT2D eigenvalue weighted by molar-refractivity contribution is 6.10. The summed E-state index contributed by atoms with van der Waals surface area (Å²) in [5.74, 6) is 1.70. The van der Waals surface area contributed by atoms with Gasteiger partial charge >= 0.3 is 0 Å². The first-order valence-corrected chi connectivity index (χ1v) is 19.0. The Morgan fingerprint density at radius 3 is 1.61 bits per heavy atom. The molecule has 4 heterocycles. The van der Waals surface area contributed by atoms with Gasteiger partial charge in [0.2, 0.25) is 0 Å². The summed E-state index contributed by atoms with van der Waals surface area (Å²) in [5.41, 5.74) is 11.5. The van der Waals surface area contributed by atoms with Crippen LogP contribution >= 0.6 is 0 Å². The molecule has 0 fully saturated rings. The van der Waals surface area contributed by atoms with Gasteiger partial charge in [0.05, 0.1) is 11.0 Å². The molecule has 0 N–H and O–H groups in total. The molecule has 0 spiro atoms. The fraction of sp³-hybridized carbons (Fsp3) is 0. The lowest BCUT2D eigenvalue weighted by Gasteiger charge is -2.12. The summed E-state index contributed by atoms with van der Waals surface area (Å²) >= 11 is 0. The zero-order valence-corrected chi connectivity index (χ0v) is 30.4. The summed E-state index contributed by atoms with van der Waals surface area (Å²) < 4.78 is 14.8. The summed E-state index contributed by atoms with van der Waals surface area (Å²) in [7, 11) is 0. The van der Waals surface area contributed by atoms with E-state index in [9.17, 15) is 0 Å². The summed E-state index contributed by atoms with van der Waals surface area (Å²) in [4.78, 5) is 15.5.